The van der Waals surface area contributed by atoms with Crippen LogP contribution in [0.15, 0.2) is 30.3 Å². The van der Waals surface area contributed by atoms with Crippen molar-refractivity contribution >= 4 is 16.7 Å². The highest BCUT2D eigenvalue weighted by Gasteiger charge is 2.26. The van der Waals surface area contributed by atoms with Crippen LogP contribution in [0.4, 0.5) is 0 Å². The third-order valence-electron chi connectivity index (χ3n) is 4.73. The van der Waals surface area contributed by atoms with Gasteiger partial charge < -0.3 is 34.6 Å². The maximum absolute atomic E-state index is 12.1. The first-order valence-electron chi connectivity index (χ1n) is 8.52. The number of aromatic hydroxyl groups is 2. The van der Waals surface area contributed by atoms with Crippen LogP contribution in [0.5, 0.6) is 28.7 Å². The molecule has 0 fully saturated rings. The van der Waals surface area contributed by atoms with Gasteiger partial charge in [-0.25, -0.2) is 4.79 Å². The number of rotatable bonds is 6. The summed E-state index contributed by atoms with van der Waals surface area (Å²) in [6.07, 6.45) is 0. The molecule has 0 aliphatic heterocycles. The van der Waals surface area contributed by atoms with Gasteiger partial charge in [-0.1, -0.05) is 6.07 Å². The monoisotopic (exact) mass is 400 g/mol. The predicted molar refractivity (Wildman–Crippen MR) is 105 cm³/mol. The lowest BCUT2D eigenvalue weighted by Crippen LogP contribution is -2.07. The average molecular weight is 400 g/mol. The molecule has 0 saturated heterocycles. The zero-order chi connectivity index (χ0) is 21.3. The molecule has 0 unspecified atom stereocenters. The Labute approximate surface area is 166 Å². The number of phenolic OH excluding ortho intramolecular Hbond substituents is 1. The topological polar surface area (TPSA) is 126 Å². The quantitative estimate of drug-likeness (QED) is 0.497. The van der Waals surface area contributed by atoms with Crippen molar-refractivity contribution in [3.05, 3.63) is 41.5 Å². The van der Waals surface area contributed by atoms with Gasteiger partial charge >= 0.3 is 5.97 Å². The maximum Gasteiger partial charge on any atom is 0.336 e. The molecule has 8 heteroatoms. The first-order chi connectivity index (χ1) is 13.9. The van der Waals surface area contributed by atoms with Gasteiger partial charge in [0.25, 0.3) is 0 Å². The first kappa shape index (κ1) is 20.1. The second kappa shape index (κ2) is 7.76. The Bertz CT molecular complexity index is 1100. The van der Waals surface area contributed by atoms with Crippen LogP contribution in [0.1, 0.15) is 15.9 Å². The van der Waals surface area contributed by atoms with Crippen molar-refractivity contribution in [2.45, 2.75) is 6.61 Å². The minimum Gasteiger partial charge on any atom is -0.507 e. The standard InChI is InChI=1S/C21H20O8/c1-27-15-5-4-10(6-17(15)29-3)18-11-7-14(23)16(28-2)8-12(11)20(24)13(9-22)19(18)21(25)26/h4-8,22-24H,9H2,1-3H3,(H,25,26). The van der Waals surface area contributed by atoms with Gasteiger partial charge in [-0.2, -0.15) is 0 Å². The summed E-state index contributed by atoms with van der Waals surface area (Å²) >= 11 is 0. The predicted octanol–water partition coefficient (Wildman–Crippen LogP) is 3.13. The summed E-state index contributed by atoms with van der Waals surface area (Å²) in [5, 5.41) is 41.0. The number of aliphatic hydroxyl groups excluding tert-OH is 1. The molecule has 0 aromatic heterocycles. The molecule has 152 valence electrons. The molecule has 3 rings (SSSR count). The van der Waals surface area contributed by atoms with Crippen molar-refractivity contribution in [3.63, 3.8) is 0 Å². The molecule has 0 aliphatic carbocycles. The summed E-state index contributed by atoms with van der Waals surface area (Å²) in [6, 6.07) is 7.52. The Balaban J connectivity index is 2.52. The molecule has 8 nitrogen and oxygen atoms in total. The number of aromatic carboxylic acids is 1. The lowest BCUT2D eigenvalue weighted by Gasteiger charge is -2.19. The number of carbonyl (C=O) groups is 1. The highest BCUT2D eigenvalue weighted by Crippen LogP contribution is 2.46. The maximum atomic E-state index is 12.1. The number of aliphatic hydroxyl groups is 1. The van der Waals surface area contributed by atoms with Gasteiger partial charge in [-0.3, -0.25) is 0 Å². The second-order valence-electron chi connectivity index (χ2n) is 6.18. The minimum absolute atomic E-state index is 0.0954. The van der Waals surface area contributed by atoms with Crippen LogP contribution in [0.3, 0.4) is 0 Å². The molecule has 4 N–H and O–H groups in total. The van der Waals surface area contributed by atoms with Crippen molar-refractivity contribution < 1.29 is 39.4 Å². The van der Waals surface area contributed by atoms with Gasteiger partial charge in [-0.05, 0) is 35.2 Å². The fourth-order valence-electron chi connectivity index (χ4n) is 3.38. The third kappa shape index (κ3) is 3.23. The molecule has 0 spiro atoms. The molecular formula is C21H20O8. The average Bonchev–Trinajstić information content (AvgIpc) is 2.72. The zero-order valence-corrected chi connectivity index (χ0v) is 16.0. The highest BCUT2D eigenvalue weighted by atomic mass is 16.5. The smallest absolute Gasteiger partial charge is 0.336 e. The van der Waals surface area contributed by atoms with E-state index in [0.29, 0.717) is 17.1 Å². The van der Waals surface area contributed by atoms with Crippen LogP contribution in [0.25, 0.3) is 21.9 Å². The van der Waals surface area contributed by atoms with Gasteiger partial charge in [0.2, 0.25) is 0 Å². The molecule has 29 heavy (non-hydrogen) atoms. The molecule has 0 radical (unpaired) electrons. The minimum atomic E-state index is -1.34. The lowest BCUT2D eigenvalue weighted by molar-refractivity contribution is 0.0693. The zero-order valence-electron chi connectivity index (χ0n) is 16.0. The molecule has 0 aliphatic rings. The molecule has 0 saturated carbocycles. The summed E-state index contributed by atoms with van der Waals surface area (Å²) in [6.45, 7) is -0.701. The Kier molecular flexibility index (Phi) is 5.38. The van der Waals surface area contributed by atoms with Crippen LogP contribution < -0.4 is 14.2 Å². The normalized spacial score (nSPS) is 10.8. The van der Waals surface area contributed by atoms with Crippen molar-refractivity contribution in [1.82, 2.24) is 0 Å². The Hall–Kier alpha value is -3.65. The number of carboxylic acids is 1. The Morgan fingerprint density at radius 3 is 2.10 bits per heavy atom. The van der Waals surface area contributed by atoms with Crippen LogP contribution in [-0.2, 0) is 6.61 Å². The van der Waals surface area contributed by atoms with Crippen molar-refractivity contribution in [2.75, 3.05) is 21.3 Å². The molecule has 3 aromatic rings. The van der Waals surface area contributed by atoms with E-state index in [4.69, 9.17) is 14.2 Å². The number of hydrogen-bond donors (Lipinski definition) is 4. The highest BCUT2D eigenvalue weighted by molar-refractivity contribution is 6.12. The van der Waals surface area contributed by atoms with E-state index in [2.05, 4.69) is 0 Å². The van der Waals surface area contributed by atoms with E-state index in [1.54, 1.807) is 18.2 Å². The summed E-state index contributed by atoms with van der Waals surface area (Å²) < 4.78 is 15.6. The van der Waals surface area contributed by atoms with Crippen LogP contribution in [0, 0.1) is 0 Å². The van der Waals surface area contributed by atoms with Crippen LogP contribution >= 0.6 is 0 Å². The number of benzene rings is 3. The molecule has 0 atom stereocenters. The van der Waals surface area contributed by atoms with E-state index in [-0.39, 0.29) is 39.0 Å². The summed E-state index contributed by atoms with van der Waals surface area (Å²) in [7, 11) is 4.28. The number of carboxylic acid groups (broad SMARTS) is 1. The summed E-state index contributed by atoms with van der Waals surface area (Å²) in [5.74, 6) is -1.06. The number of ether oxygens (including phenoxy) is 3. The first-order valence-corrected chi connectivity index (χ1v) is 8.52. The fourth-order valence-corrected chi connectivity index (χ4v) is 3.38. The van der Waals surface area contributed by atoms with Crippen LogP contribution in [0.2, 0.25) is 0 Å². The molecular weight excluding hydrogens is 380 g/mol. The van der Waals surface area contributed by atoms with E-state index in [1.807, 2.05) is 0 Å². The number of phenols is 2. The fraction of sp³-hybridized carbons (Fsp3) is 0.190. The van der Waals surface area contributed by atoms with Gasteiger partial charge in [0.05, 0.1) is 33.5 Å². The van der Waals surface area contributed by atoms with E-state index in [1.165, 1.54) is 33.5 Å². The van der Waals surface area contributed by atoms with Gasteiger partial charge in [0.1, 0.15) is 5.75 Å². The molecule has 0 bridgehead atoms. The summed E-state index contributed by atoms with van der Waals surface area (Å²) in [4.78, 5) is 12.1. The molecule has 0 heterocycles. The van der Waals surface area contributed by atoms with Gasteiger partial charge in [0, 0.05) is 16.5 Å². The third-order valence-corrected chi connectivity index (χ3v) is 4.73. The number of hydrogen-bond acceptors (Lipinski definition) is 7. The van der Waals surface area contributed by atoms with Crippen molar-refractivity contribution in [1.29, 1.82) is 0 Å². The van der Waals surface area contributed by atoms with Crippen LogP contribution in [-0.4, -0.2) is 47.7 Å². The van der Waals surface area contributed by atoms with Crippen molar-refractivity contribution in [2.24, 2.45) is 0 Å². The SMILES string of the molecule is COc1cc2c(O)c(CO)c(C(=O)O)c(-c3ccc(OC)c(OC)c3)c2cc1O. The molecule has 3 aromatic carbocycles. The van der Waals surface area contributed by atoms with E-state index < -0.39 is 18.3 Å². The van der Waals surface area contributed by atoms with Gasteiger partial charge in [0.15, 0.2) is 23.0 Å². The number of fused-ring (bicyclic) bond motifs is 1. The lowest BCUT2D eigenvalue weighted by atomic mass is 9.88. The second-order valence-corrected chi connectivity index (χ2v) is 6.18. The Morgan fingerprint density at radius 2 is 1.55 bits per heavy atom. The van der Waals surface area contributed by atoms with Crippen molar-refractivity contribution in [3.8, 4) is 39.9 Å². The largest absolute Gasteiger partial charge is 0.507 e. The summed E-state index contributed by atoms with van der Waals surface area (Å²) in [5.41, 5.74) is 0.203. The molecule has 0 amide bonds. The van der Waals surface area contributed by atoms with E-state index in [0.717, 1.165) is 0 Å². The number of methoxy groups -OCH3 is 3. The van der Waals surface area contributed by atoms with E-state index in [9.17, 15) is 25.2 Å². The van der Waals surface area contributed by atoms with Gasteiger partial charge in [-0.15, -0.1) is 0 Å². The van der Waals surface area contributed by atoms with E-state index >= 15 is 0 Å². The Morgan fingerprint density at radius 1 is 0.897 bits per heavy atom.